The van der Waals surface area contributed by atoms with Crippen LogP contribution >= 0.6 is 0 Å². The topological polar surface area (TPSA) is 58.8 Å². The summed E-state index contributed by atoms with van der Waals surface area (Å²) in [4.78, 5) is 16.6. The fraction of sp³-hybridized carbons (Fsp3) is 0.588. The highest BCUT2D eigenvalue weighted by molar-refractivity contribution is 5.79. The molecule has 2 aliphatic rings. The van der Waals surface area contributed by atoms with Crippen LogP contribution in [0.1, 0.15) is 19.3 Å². The lowest BCUT2D eigenvalue weighted by atomic mass is 10.1. The largest absolute Gasteiger partial charge is 0.494 e. The number of rotatable bonds is 3. The highest BCUT2D eigenvalue weighted by Gasteiger charge is 2.32. The van der Waals surface area contributed by atoms with Crippen molar-refractivity contribution < 1.29 is 13.9 Å². The molecule has 0 spiro atoms. The molecule has 1 saturated heterocycles. The first kappa shape index (κ1) is 16.1. The molecule has 1 aliphatic heterocycles. The monoisotopic (exact) mass is 321 g/mol. The fourth-order valence-electron chi connectivity index (χ4n) is 3.58. The molecule has 0 bridgehead atoms. The van der Waals surface area contributed by atoms with E-state index in [9.17, 15) is 9.18 Å². The zero-order valence-corrected chi connectivity index (χ0v) is 13.5. The van der Waals surface area contributed by atoms with Crippen molar-refractivity contribution in [1.29, 1.82) is 0 Å². The Morgan fingerprint density at radius 3 is 2.61 bits per heavy atom. The van der Waals surface area contributed by atoms with Gasteiger partial charge in [0.15, 0.2) is 0 Å². The van der Waals surface area contributed by atoms with Gasteiger partial charge < -0.3 is 20.3 Å². The predicted octanol–water partition coefficient (Wildman–Crippen LogP) is 1.61. The van der Waals surface area contributed by atoms with Crippen LogP contribution in [-0.2, 0) is 4.79 Å². The summed E-state index contributed by atoms with van der Waals surface area (Å²) in [5.41, 5.74) is 6.79. The molecule has 1 saturated carbocycles. The second-order valence-electron chi connectivity index (χ2n) is 6.40. The first-order valence-corrected chi connectivity index (χ1v) is 8.21. The lowest BCUT2D eigenvalue weighted by Crippen LogP contribution is -2.50. The Hall–Kier alpha value is -1.82. The van der Waals surface area contributed by atoms with Crippen molar-refractivity contribution in [3.8, 4) is 5.75 Å². The van der Waals surface area contributed by atoms with Crippen LogP contribution in [0.3, 0.4) is 0 Å². The van der Waals surface area contributed by atoms with Crippen molar-refractivity contribution >= 4 is 11.6 Å². The molecule has 6 heteroatoms. The predicted molar refractivity (Wildman–Crippen MR) is 87.1 cm³/mol. The minimum Gasteiger partial charge on any atom is -0.494 e. The van der Waals surface area contributed by atoms with Gasteiger partial charge in [0.2, 0.25) is 5.91 Å². The van der Waals surface area contributed by atoms with Crippen LogP contribution in [0.2, 0.25) is 0 Å². The fourth-order valence-corrected chi connectivity index (χ4v) is 3.58. The summed E-state index contributed by atoms with van der Waals surface area (Å²) in [7, 11) is 1.54. The zero-order chi connectivity index (χ0) is 16.4. The lowest BCUT2D eigenvalue weighted by molar-refractivity contribution is -0.135. The van der Waals surface area contributed by atoms with Crippen LogP contribution in [-0.4, -0.2) is 50.1 Å². The molecule has 2 atom stereocenters. The third kappa shape index (κ3) is 3.42. The average molecular weight is 321 g/mol. The summed E-state index contributed by atoms with van der Waals surface area (Å²) in [6.07, 6.45) is 2.67. The highest BCUT2D eigenvalue weighted by Crippen LogP contribution is 2.31. The number of halogens is 1. The number of carbonyl (C=O) groups excluding carboxylic acids is 1. The summed E-state index contributed by atoms with van der Waals surface area (Å²) in [6, 6.07) is 4.75. The average Bonchev–Trinajstić information content (AvgIpc) is 3.00. The number of anilines is 1. The first-order chi connectivity index (χ1) is 11.1. The Morgan fingerprint density at radius 1 is 1.26 bits per heavy atom. The van der Waals surface area contributed by atoms with E-state index in [4.69, 9.17) is 10.5 Å². The van der Waals surface area contributed by atoms with Gasteiger partial charge in [0, 0.05) is 44.2 Å². The summed E-state index contributed by atoms with van der Waals surface area (Å²) in [6.45, 7) is 2.83. The van der Waals surface area contributed by atoms with E-state index in [0.29, 0.717) is 18.8 Å². The molecular formula is C17H24FN3O2. The number of piperazine rings is 1. The first-order valence-electron chi connectivity index (χ1n) is 8.21. The minimum atomic E-state index is -0.308. The molecule has 0 aromatic heterocycles. The second kappa shape index (κ2) is 6.74. The van der Waals surface area contributed by atoms with Crippen molar-refractivity contribution in [2.45, 2.75) is 25.3 Å². The van der Waals surface area contributed by atoms with Crippen LogP contribution in [0.15, 0.2) is 18.2 Å². The third-order valence-corrected chi connectivity index (χ3v) is 4.90. The number of hydrogen-bond donors (Lipinski definition) is 1. The number of ether oxygens (including phenoxy) is 1. The molecule has 1 aromatic rings. The molecule has 1 heterocycles. The smallest absolute Gasteiger partial charge is 0.225 e. The maximum atomic E-state index is 13.3. The number of methoxy groups -OCH3 is 1. The molecule has 5 nitrogen and oxygen atoms in total. The number of nitrogens with zero attached hydrogens (tertiary/aromatic N) is 2. The molecule has 1 aromatic carbocycles. The number of amides is 1. The Balaban J connectivity index is 1.61. The van der Waals surface area contributed by atoms with E-state index in [1.165, 1.54) is 12.1 Å². The van der Waals surface area contributed by atoms with Crippen LogP contribution in [0.4, 0.5) is 10.1 Å². The van der Waals surface area contributed by atoms with Gasteiger partial charge in [-0.2, -0.15) is 0 Å². The molecule has 0 unspecified atom stereocenters. The SMILES string of the molecule is COc1cc(F)ccc1N1CCN(C(=O)[C@@H]2CC[C@H](N)C2)CC1. The van der Waals surface area contributed by atoms with Crippen molar-refractivity contribution in [3.63, 3.8) is 0 Å². The van der Waals surface area contributed by atoms with E-state index in [1.807, 2.05) is 4.90 Å². The van der Waals surface area contributed by atoms with Gasteiger partial charge in [-0.15, -0.1) is 0 Å². The van der Waals surface area contributed by atoms with E-state index < -0.39 is 0 Å². The van der Waals surface area contributed by atoms with Gasteiger partial charge in [0.1, 0.15) is 11.6 Å². The lowest BCUT2D eigenvalue weighted by Gasteiger charge is -2.37. The molecule has 0 radical (unpaired) electrons. The normalized spacial score (nSPS) is 24.8. The van der Waals surface area contributed by atoms with Crippen molar-refractivity contribution in [2.75, 3.05) is 38.2 Å². The van der Waals surface area contributed by atoms with Gasteiger partial charge in [0.25, 0.3) is 0 Å². The highest BCUT2D eigenvalue weighted by atomic mass is 19.1. The van der Waals surface area contributed by atoms with Gasteiger partial charge in [-0.25, -0.2) is 4.39 Å². The quantitative estimate of drug-likeness (QED) is 0.919. The van der Waals surface area contributed by atoms with Crippen LogP contribution in [0, 0.1) is 11.7 Å². The standard InChI is InChI=1S/C17H24FN3O2/c1-23-16-11-13(18)3-5-15(16)20-6-8-21(9-7-20)17(22)12-2-4-14(19)10-12/h3,5,11-12,14H,2,4,6-10,19H2,1H3/t12-,14+/m1/s1. The molecule has 2 fully saturated rings. The Morgan fingerprint density at radius 2 is 2.00 bits per heavy atom. The Labute approximate surface area is 136 Å². The summed E-state index contributed by atoms with van der Waals surface area (Å²) >= 11 is 0. The van der Waals surface area contributed by atoms with Crippen LogP contribution in [0.25, 0.3) is 0 Å². The van der Waals surface area contributed by atoms with Gasteiger partial charge in [0.05, 0.1) is 12.8 Å². The van der Waals surface area contributed by atoms with Gasteiger partial charge in [-0.05, 0) is 31.4 Å². The molecular weight excluding hydrogens is 297 g/mol. The number of nitrogens with two attached hydrogens (primary N) is 1. The minimum absolute atomic E-state index is 0.0944. The summed E-state index contributed by atoms with van der Waals surface area (Å²) < 4.78 is 18.6. The molecule has 126 valence electrons. The maximum absolute atomic E-state index is 13.3. The van der Waals surface area contributed by atoms with E-state index in [0.717, 1.165) is 38.0 Å². The summed E-state index contributed by atoms with van der Waals surface area (Å²) in [5, 5.41) is 0. The van der Waals surface area contributed by atoms with E-state index in [2.05, 4.69) is 4.90 Å². The summed E-state index contributed by atoms with van der Waals surface area (Å²) in [5.74, 6) is 0.559. The molecule has 1 aliphatic carbocycles. The Bertz CT molecular complexity index is 573. The molecule has 1 amide bonds. The third-order valence-electron chi connectivity index (χ3n) is 4.90. The van der Waals surface area contributed by atoms with Crippen molar-refractivity contribution in [1.82, 2.24) is 4.90 Å². The van der Waals surface area contributed by atoms with Crippen molar-refractivity contribution in [3.05, 3.63) is 24.0 Å². The number of hydrogen-bond acceptors (Lipinski definition) is 4. The number of benzene rings is 1. The molecule has 23 heavy (non-hydrogen) atoms. The van der Waals surface area contributed by atoms with Gasteiger partial charge >= 0.3 is 0 Å². The molecule has 3 rings (SSSR count). The maximum Gasteiger partial charge on any atom is 0.225 e. The zero-order valence-electron chi connectivity index (χ0n) is 13.5. The van der Waals surface area contributed by atoms with E-state index in [-0.39, 0.29) is 23.7 Å². The number of carbonyl (C=O) groups is 1. The molecule has 2 N–H and O–H groups in total. The van der Waals surface area contributed by atoms with Gasteiger partial charge in [-0.3, -0.25) is 4.79 Å². The van der Waals surface area contributed by atoms with E-state index in [1.54, 1.807) is 13.2 Å². The van der Waals surface area contributed by atoms with Gasteiger partial charge in [-0.1, -0.05) is 0 Å². The van der Waals surface area contributed by atoms with Crippen molar-refractivity contribution in [2.24, 2.45) is 11.7 Å². The Kier molecular flexibility index (Phi) is 4.71. The van der Waals surface area contributed by atoms with Crippen LogP contribution in [0.5, 0.6) is 5.75 Å². The van der Waals surface area contributed by atoms with Crippen LogP contribution < -0.4 is 15.4 Å². The second-order valence-corrected chi connectivity index (χ2v) is 6.40. The van der Waals surface area contributed by atoms with E-state index >= 15 is 0 Å².